The lowest BCUT2D eigenvalue weighted by molar-refractivity contribution is 0.611. The van der Waals surface area contributed by atoms with Crippen LogP contribution in [0.2, 0.25) is 0 Å². The number of aromatic nitrogens is 2. The maximum absolute atomic E-state index is 6.00. The second-order valence-electron chi connectivity index (χ2n) is 5.55. The van der Waals surface area contributed by atoms with Crippen LogP contribution in [-0.4, -0.2) is 28.5 Å². The zero-order valence-electron chi connectivity index (χ0n) is 12.3. The van der Waals surface area contributed by atoms with Crippen LogP contribution in [0.4, 0.5) is 5.82 Å². The highest BCUT2D eigenvalue weighted by Crippen LogP contribution is 2.26. The maximum atomic E-state index is 6.00. The molecule has 0 radical (unpaired) electrons. The van der Waals surface area contributed by atoms with Crippen molar-refractivity contribution in [2.75, 3.05) is 18.0 Å². The molecule has 2 rings (SSSR count). The summed E-state index contributed by atoms with van der Waals surface area (Å²) in [5, 5.41) is 2.08. The first-order valence-electron chi connectivity index (χ1n) is 6.97. The fourth-order valence-corrected chi connectivity index (χ4v) is 3.10. The van der Waals surface area contributed by atoms with Crippen molar-refractivity contribution in [3.05, 3.63) is 17.3 Å². The average molecular weight is 280 g/mol. The van der Waals surface area contributed by atoms with Crippen LogP contribution in [0.1, 0.15) is 33.4 Å². The minimum Gasteiger partial charge on any atom is -0.355 e. The van der Waals surface area contributed by atoms with Crippen molar-refractivity contribution in [2.45, 2.75) is 40.2 Å². The van der Waals surface area contributed by atoms with Gasteiger partial charge in [0.05, 0.1) is 5.69 Å². The van der Waals surface area contributed by atoms with Gasteiger partial charge in [0, 0.05) is 37.1 Å². The molecule has 5 heteroatoms. The van der Waals surface area contributed by atoms with Crippen molar-refractivity contribution in [1.29, 1.82) is 0 Å². The van der Waals surface area contributed by atoms with Gasteiger partial charge in [-0.15, -0.1) is 11.3 Å². The first-order chi connectivity index (χ1) is 9.02. The van der Waals surface area contributed by atoms with E-state index in [1.807, 2.05) is 6.92 Å². The van der Waals surface area contributed by atoms with E-state index in [0.717, 1.165) is 30.3 Å². The molecule has 0 spiro atoms. The van der Waals surface area contributed by atoms with Crippen molar-refractivity contribution in [3.63, 3.8) is 0 Å². The second kappa shape index (κ2) is 5.92. The summed E-state index contributed by atoms with van der Waals surface area (Å²) in [5.41, 5.74) is 7.24. The molecule has 1 unspecified atom stereocenters. The first-order valence-corrected chi connectivity index (χ1v) is 7.85. The smallest absolute Gasteiger partial charge is 0.195 e. The fraction of sp³-hybridized carbons (Fsp3) is 0.643. The van der Waals surface area contributed by atoms with E-state index in [4.69, 9.17) is 10.7 Å². The zero-order chi connectivity index (χ0) is 14.0. The first kappa shape index (κ1) is 14.3. The Morgan fingerprint density at radius 1 is 1.42 bits per heavy atom. The average Bonchev–Trinajstić information content (AvgIpc) is 2.88. The van der Waals surface area contributed by atoms with Crippen LogP contribution in [0, 0.1) is 5.92 Å². The SMILES string of the molecule is CCN(CC(C)C)c1nc2sccn2c1CC(C)N. The standard InChI is InChI=1S/C14H24N4S/c1-5-17(9-10(2)3)13-12(8-11(4)15)18-6-7-19-14(18)16-13/h6-7,10-11H,5,8-9,15H2,1-4H3. The summed E-state index contributed by atoms with van der Waals surface area (Å²) in [5.74, 6) is 1.74. The molecule has 0 aliphatic heterocycles. The van der Waals surface area contributed by atoms with Crippen LogP contribution in [0.25, 0.3) is 4.96 Å². The van der Waals surface area contributed by atoms with Crippen LogP contribution in [0.3, 0.4) is 0 Å². The summed E-state index contributed by atoms with van der Waals surface area (Å²) in [6, 6.07) is 0.149. The predicted octanol–water partition coefficient (Wildman–Crippen LogP) is 2.77. The molecule has 106 valence electrons. The van der Waals surface area contributed by atoms with Gasteiger partial charge in [0.25, 0.3) is 0 Å². The number of fused-ring (bicyclic) bond motifs is 1. The molecule has 0 bridgehead atoms. The molecule has 19 heavy (non-hydrogen) atoms. The van der Waals surface area contributed by atoms with Gasteiger partial charge in [-0.1, -0.05) is 13.8 Å². The lowest BCUT2D eigenvalue weighted by Crippen LogP contribution is -2.29. The third kappa shape index (κ3) is 3.09. The molecule has 0 amide bonds. The minimum atomic E-state index is 0.149. The molecule has 0 saturated heterocycles. The molecule has 0 fully saturated rings. The normalized spacial score (nSPS) is 13.4. The summed E-state index contributed by atoms with van der Waals surface area (Å²) in [6.07, 6.45) is 2.96. The van der Waals surface area contributed by atoms with E-state index >= 15 is 0 Å². The van der Waals surface area contributed by atoms with Gasteiger partial charge in [0.1, 0.15) is 0 Å². The largest absolute Gasteiger partial charge is 0.355 e. The number of rotatable bonds is 6. The number of anilines is 1. The van der Waals surface area contributed by atoms with E-state index in [0.29, 0.717) is 5.92 Å². The third-order valence-electron chi connectivity index (χ3n) is 3.12. The number of nitrogens with zero attached hydrogens (tertiary/aromatic N) is 3. The van der Waals surface area contributed by atoms with Gasteiger partial charge < -0.3 is 10.6 Å². The molecule has 1 atom stereocenters. The van der Waals surface area contributed by atoms with Crippen molar-refractivity contribution in [3.8, 4) is 0 Å². The number of imidazole rings is 1. The molecule has 2 aromatic rings. The van der Waals surface area contributed by atoms with Gasteiger partial charge in [0.15, 0.2) is 10.8 Å². The molecular weight excluding hydrogens is 256 g/mol. The summed E-state index contributed by atoms with van der Waals surface area (Å²) >= 11 is 1.68. The van der Waals surface area contributed by atoms with Crippen LogP contribution < -0.4 is 10.6 Å². The van der Waals surface area contributed by atoms with Gasteiger partial charge in [0.2, 0.25) is 0 Å². The monoisotopic (exact) mass is 280 g/mol. The van der Waals surface area contributed by atoms with Crippen LogP contribution in [0.5, 0.6) is 0 Å². The molecule has 0 aliphatic carbocycles. The van der Waals surface area contributed by atoms with Gasteiger partial charge in [-0.3, -0.25) is 4.40 Å². The lowest BCUT2D eigenvalue weighted by Gasteiger charge is -2.24. The third-order valence-corrected chi connectivity index (χ3v) is 3.88. The van der Waals surface area contributed by atoms with Gasteiger partial charge in [-0.05, 0) is 19.8 Å². The Balaban J connectivity index is 2.41. The summed E-state index contributed by atoms with van der Waals surface area (Å²) in [4.78, 5) is 8.23. The quantitative estimate of drug-likeness (QED) is 0.885. The Kier molecular flexibility index (Phi) is 4.47. The van der Waals surface area contributed by atoms with Crippen molar-refractivity contribution < 1.29 is 0 Å². The number of hydrogen-bond acceptors (Lipinski definition) is 4. The van der Waals surface area contributed by atoms with E-state index in [2.05, 4.69) is 41.6 Å². The molecule has 0 aromatic carbocycles. The van der Waals surface area contributed by atoms with E-state index in [9.17, 15) is 0 Å². The van der Waals surface area contributed by atoms with Crippen LogP contribution >= 0.6 is 11.3 Å². The summed E-state index contributed by atoms with van der Waals surface area (Å²) in [7, 11) is 0. The van der Waals surface area contributed by atoms with Gasteiger partial charge in [-0.2, -0.15) is 0 Å². The Morgan fingerprint density at radius 2 is 2.16 bits per heavy atom. The van der Waals surface area contributed by atoms with Gasteiger partial charge in [-0.25, -0.2) is 4.98 Å². The number of nitrogens with two attached hydrogens (primary N) is 1. The van der Waals surface area contributed by atoms with Crippen molar-refractivity contribution in [2.24, 2.45) is 11.7 Å². The fourth-order valence-electron chi connectivity index (χ4n) is 2.38. The van der Waals surface area contributed by atoms with Crippen molar-refractivity contribution in [1.82, 2.24) is 9.38 Å². The summed E-state index contributed by atoms with van der Waals surface area (Å²) < 4.78 is 2.19. The molecule has 2 aromatic heterocycles. The Labute approximate surface area is 119 Å². The van der Waals surface area contributed by atoms with Crippen molar-refractivity contribution >= 4 is 22.1 Å². The molecule has 2 heterocycles. The van der Waals surface area contributed by atoms with Gasteiger partial charge >= 0.3 is 0 Å². The molecule has 0 aliphatic rings. The summed E-state index contributed by atoms with van der Waals surface area (Å²) in [6.45, 7) is 10.7. The topological polar surface area (TPSA) is 46.6 Å². The Hall–Kier alpha value is -1.07. The van der Waals surface area contributed by atoms with E-state index in [1.165, 1.54) is 5.69 Å². The maximum Gasteiger partial charge on any atom is 0.195 e. The van der Waals surface area contributed by atoms with E-state index < -0.39 is 0 Å². The number of hydrogen-bond donors (Lipinski definition) is 1. The van der Waals surface area contributed by atoms with Crippen LogP contribution in [-0.2, 0) is 6.42 Å². The van der Waals surface area contributed by atoms with Crippen LogP contribution in [0.15, 0.2) is 11.6 Å². The molecular formula is C14H24N4S. The highest BCUT2D eigenvalue weighted by atomic mass is 32.1. The Bertz CT molecular complexity index is 527. The second-order valence-corrected chi connectivity index (χ2v) is 6.42. The number of thiazole rings is 1. The lowest BCUT2D eigenvalue weighted by atomic mass is 10.1. The molecule has 4 nitrogen and oxygen atoms in total. The molecule has 0 saturated carbocycles. The highest BCUT2D eigenvalue weighted by molar-refractivity contribution is 7.15. The Morgan fingerprint density at radius 3 is 2.74 bits per heavy atom. The predicted molar refractivity (Wildman–Crippen MR) is 83.1 cm³/mol. The minimum absolute atomic E-state index is 0.149. The van der Waals surface area contributed by atoms with E-state index in [1.54, 1.807) is 11.3 Å². The highest BCUT2D eigenvalue weighted by Gasteiger charge is 2.19. The molecule has 2 N–H and O–H groups in total. The zero-order valence-corrected chi connectivity index (χ0v) is 13.1. The van der Waals surface area contributed by atoms with E-state index in [-0.39, 0.29) is 6.04 Å².